The predicted octanol–water partition coefficient (Wildman–Crippen LogP) is 2.55. The minimum absolute atomic E-state index is 0.961. The molecule has 0 amide bonds. The fourth-order valence-corrected chi connectivity index (χ4v) is 5.10. The zero-order chi connectivity index (χ0) is 8.20. The second-order valence-electron chi connectivity index (χ2n) is 3.18. The first kappa shape index (κ1) is 10.2. The number of hydrogen-bond acceptors (Lipinski definition) is 1. The summed E-state index contributed by atoms with van der Waals surface area (Å²) in [5.74, 6) is 0. The zero-order valence-corrected chi connectivity index (χ0v) is 9.07. The lowest BCUT2D eigenvalue weighted by molar-refractivity contribution is 0.602. The Labute approximate surface area is 66.5 Å². The average molecular weight is 159 g/mol. The van der Waals surface area contributed by atoms with Crippen molar-refractivity contribution in [3.63, 3.8) is 0 Å². The van der Waals surface area contributed by atoms with Gasteiger partial charge in [-0.2, -0.15) is 0 Å². The summed E-state index contributed by atoms with van der Waals surface area (Å²) in [6, 6.07) is 4.19. The van der Waals surface area contributed by atoms with Gasteiger partial charge in [0.1, 0.15) is 8.24 Å². The molecule has 0 N–H and O–H groups in total. The van der Waals surface area contributed by atoms with E-state index in [-0.39, 0.29) is 0 Å². The van der Waals surface area contributed by atoms with Crippen LogP contribution in [0.2, 0.25) is 18.1 Å². The van der Waals surface area contributed by atoms with Gasteiger partial charge in [0.15, 0.2) is 0 Å². The maximum Gasteiger partial charge on any atom is 0.127 e. The maximum atomic E-state index is 2.49. The predicted molar refractivity (Wildman–Crippen MR) is 50.9 cm³/mol. The Morgan fingerprint density at radius 2 is 1.20 bits per heavy atom. The van der Waals surface area contributed by atoms with Crippen LogP contribution in [0.15, 0.2) is 0 Å². The lowest BCUT2D eigenvalue weighted by atomic mass is 10.9. The molecule has 0 unspecified atom stereocenters. The van der Waals surface area contributed by atoms with Gasteiger partial charge in [-0.15, -0.1) is 0 Å². The number of nitrogens with zero attached hydrogens (tertiary/aromatic N) is 1. The fourth-order valence-electron chi connectivity index (χ4n) is 1.70. The third-order valence-corrected chi connectivity index (χ3v) is 8.77. The first-order valence-electron chi connectivity index (χ1n) is 4.30. The molecule has 0 bridgehead atoms. The van der Waals surface area contributed by atoms with E-state index in [2.05, 4.69) is 39.4 Å². The first-order chi connectivity index (χ1) is 4.63. The highest BCUT2D eigenvalue weighted by Gasteiger charge is 2.28. The monoisotopic (exact) mass is 159 g/mol. The largest absolute Gasteiger partial charge is 0.329 e. The van der Waals surface area contributed by atoms with Gasteiger partial charge in [-0.05, 0) is 32.2 Å². The van der Waals surface area contributed by atoms with Crippen LogP contribution in [-0.2, 0) is 0 Å². The van der Waals surface area contributed by atoms with Crippen LogP contribution in [0.1, 0.15) is 20.8 Å². The maximum absolute atomic E-state index is 2.49. The SMILES string of the molecule is CC[Si](CC)(CC)N(C)C. The highest BCUT2D eigenvalue weighted by atomic mass is 28.3. The topological polar surface area (TPSA) is 3.24 Å². The molecule has 0 spiro atoms. The lowest BCUT2D eigenvalue weighted by Crippen LogP contribution is -2.47. The molecular weight excluding hydrogens is 138 g/mol. The third-order valence-electron chi connectivity index (χ3n) is 2.92. The summed E-state index contributed by atoms with van der Waals surface area (Å²) < 4.78 is 2.49. The van der Waals surface area contributed by atoms with E-state index in [1.165, 1.54) is 18.1 Å². The zero-order valence-electron chi connectivity index (χ0n) is 8.07. The van der Waals surface area contributed by atoms with E-state index in [1.54, 1.807) is 0 Å². The summed E-state index contributed by atoms with van der Waals surface area (Å²) in [7, 11) is 3.52. The van der Waals surface area contributed by atoms with Gasteiger partial charge in [0.05, 0.1) is 0 Å². The van der Waals surface area contributed by atoms with Crippen LogP contribution in [0.5, 0.6) is 0 Å². The van der Waals surface area contributed by atoms with Crippen LogP contribution in [0, 0.1) is 0 Å². The first-order valence-corrected chi connectivity index (χ1v) is 6.87. The Morgan fingerprint density at radius 1 is 0.900 bits per heavy atom. The van der Waals surface area contributed by atoms with Crippen molar-refractivity contribution >= 4 is 8.24 Å². The van der Waals surface area contributed by atoms with Gasteiger partial charge >= 0.3 is 0 Å². The van der Waals surface area contributed by atoms with E-state index < -0.39 is 8.24 Å². The standard InChI is InChI=1S/C8H21NSi/c1-6-10(7-2,8-3)9(4)5/h6-8H2,1-5H3. The van der Waals surface area contributed by atoms with Crippen LogP contribution >= 0.6 is 0 Å². The third kappa shape index (κ3) is 1.83. The van der Waals surface area contributed by atoms with Crippen molar-refractivity contribution in [2.24, 2.45) is 0 Å². The molecule has 0 fully saturated rings. The minimum atomic E-state index is -0.961. The van der Waals surface area contributed by atoms with Crippen molar-refractivity contribution in [1.29, 1.82) is 0 Å². The van der Waals surface area contributed by atoms with Crippen molar-refractivity contribution in [3.8, 4) is 0 Å². The van der Waals surface area contributed by atoms with Gasteiger partial charge in [0.25, 0.3) is 0 Å². The van der Waals surface area contributed by atoms with Gasteiger partial charge in [-0.25, -0.2) is 0 Å². The van der Waals surface area contributed by atoms with E-state index >= 15 is 0 Å². The Hall–Kier alpha value is 0.177. The van der Waals surface area contributed by atoms with Crippen molar-refractivity contribution in [2.45, 2.75) is 38.9 Å². The van der Waals surface area contributed by atoms with Gasteiger partial charge in [0.2, 0.25) is 0 Å². The molecule has 2 heteroatoms. The van der Waals surface area contributed by atoms with Crippen molar-refractivity contribution < 1.29 is 0 Å². The molecule has 0 saturated carbocycles. The van der Waals surface area contributed by atoms with E-state index in [0.717, 1.165) is 0 Å². The molecule has 0 saturated heterocycles. The molecule has 10 heavy (non-hydrogen) atoms. The molecule has 0 aromatic carbocycles. The van der Waals surface area contributed by atoms with Crippen molar-refractivity contribution in [2.75, 3.05) is 14.1 Å². The fraction of sp³-hybridized carbons (Fsp3) is 1.00. The minimum Gasteiger partial charge on any atom is -0.329 e. The van der Waals surface area contributed by atoms with Gasteiger partial charge < -0.3 is 4.57 Å². The van der Waals surface area contributed by atoms with Crippen LogP contribution < -0.4 is 0 Å². The molecule has 0 heterocycles. The summed E-state index contributed by atoms with van der Waals surface area (Å²) in [5.41, 5.74) is 0. The molecule has 62 valence electrons. The van der Waals surface area contributed by atoms with Gasteiger partial charge in [-0.3, -0.25) is 0 Å². The molecule has 0 aliphatic carbocycles. The van der Waals surface area contributed by atoms with E-state index in [0.29, 0.717) is 0 Å². The smallest absolute Gasteiger partial charge is 0.127 e. The summed E-state index contributed by atoms with van der Waals surface area (Å²) >= 11 is 0. The van der Waals surface area contributed by atoms with Crippen LogP contribution in [0.4, 0.5) is 0 Å². The average Bonchev–Trinajstić information content (AvgIpc) is 1.92. The van der Waals surface area contributed by atoms with Crippen LogP contribution in [0.3, 0.4) is 0 Å². The second-order valence-corrected chi connectivity index (χ2v) is 8.64. The molecule has 0 aliphatic rings. The Kier molecular flexibility index (Phi) is 4.21. The summed E-state index contributed by atoms with van der Waals surface area (Å²) in [5, 5.41) is 0. The molecular formula is C8H21NSi. The lowest BCUT2D eigenvalue weighted by Gasteiger charge is -2.35. The number of hydrogen-bond donors (Lipinski definition) is 0. The Morgan fingerprint density at radius 3 is 1.20 bits per heavy atom. The van der Waals surface area contributed by atoms with E-state index in [9.17, 15) is 0 Å². The molecule has 0 aromatic heterocycles. The highest BCUT2D eigenvalue weighted by molar-refractivity contribution is 6.76. The summed E-state index contributed by atoms with van der Waals surface area (Å²) in [4.78, 5) is 0. The number of rotatable bonds is 4. The molecule has 0 rings (SSSR count). The second kappa shape index (κ2) is 4.14. The highest BCUT2D eigenvalue weighted by Crippen LogP contribution is 2.21. The van der Waals surface area contributed by atoms with E-state index in [4.69, 9.17) is 0 Å². The molecule has 0 atom stereocenters. The van der Waals surface area contributed by atoms with Gasteiger partial charge in [-0.1, -0.05) is 20.8 Å². The van der Waals surface area contributed by atoms with Crippen molar-refractivity contribution in [3.05, 3.63) is 0 Å². The van der Waals surface area contributed by atoms with Crippen molar-refractivity contribution in [1.82, 2.24) is 4.57 Å². The van der Waals surface area contributed by atoms with E-state index in [1.807, 2.05) is 0 Å². The Balaban J connectivity index is 4.15. The van der Waals surface area contributed by atoms with Gasteiger partial charge in [0, 0.05) is 0 Å². The molecule has 1 nitrogen and oxygen atoms in total. The van der Waals surface area contributed by atoms with Crippen LogP contribution in [0.25, 0.3) is 0 Å². The normalized spacial score (nSPS) is 12.6. The molecule has 0 aromatic rings. The molecule has 0 radical (unpaired) electrons. The van der Waals surface area contributed by atoms with Crippen LogP contribution in [-0.4, -0.2) is 26.9 Å². The molecule has 0 aliphatic heterocycles. The summed E-state index contributed by atoms with van der Waals surface area (Å²) in [6.07, 6.45) is 0. The quantitative estimate of drug-likeness (QED) is 0.570. The summed E-state index contributed by atoms with van der Waals surface area (Å²) in [6.45, 7) is 7.00. The Bertz CT molecular complexity index is 79.0.